The number of aromatic hydroxyl groups is 1. The number of benzene rings is 1. The number of phenolic OH excluding ortho intramolecular Hbond substituents is 1. The van der Waals surface area contributed by atoms with E-state index in [0.29, 0.717) is 17.8 Å². The van der Waals surface area contributed by atoms with Gasteiger partial charge in [0.1, 0.15) is 5.75 Å². The molecule has 0 radical (unpaired) electrons. The van der Waals surface area contributed by atoms with E-state index in [9.17, 15) is 15.3 Å². The molecule has 3 aliphatic rings. The van der Waals surface area contributed by atoms with Crippen molar-refractivity contribution in [3.05, 3.63) is 29.3 Å². The Morgan fingerprint density at radius 3 is 2.71 bits per heavy atom. The molecule has 1 aromatic carbocycles. The van der Waals surface area contributed by atoms with Crippen LogP contribution in [0.25, 0.3) is 0 Å². The molecule has 0 saturated heterocycles. The molecule has 1 aromatic rings. The van der Waals surface area contributed by atoms with Gasteiger partial charge in [-0.25, -0.2) is 0 Å². The van der Waals surface area contributed by atoms with E-state index in [2.05, 4.69) is 6.92 Å². The average molecular weight is 288 g/mol. The molecular formula is C18H24O3. The lowest BCUT2D eigenvalue weighted by Gasteiger charge is -2.50. The van der Waals surface area contributed by atoms with Crippen molar-refractivity contribution in [2.24, 2.45) is 17.3 Å². The number of aliphatic hydroxyl groups excluding tert-OH is 2. The van der Waals surface area contributed by atoms with Crippen LogP contribution >= 0.6 is 0 Å². The fourth-order valence-electron chi connectivity index (χ4n) is 5.55. The van der Waals surface area contributed by atoms with Gasteiger partial charge in [0.2, 0.25) is 0 Å². The van der Waals surface area contributed by atoms with Crippen LogP contribution in [-0.2, 0) is 0 Å². The van der Waals surface area contributed by atoms with Crippen molar-refractivity contribution < 1.29 is 15.3 Å². The summed E-state index contributed by atoms with van der Waals surface area (Å²) < 4.78 is 0. The van der Waals surface area contributed by atoms with Crippen LogP contribution in [0, 0.1) is 17.3 Å². The van der Waals surface area contributed by atoms with Gasteiger partial charge in [0.15, 0.2) is 0 Å². The molecule has 3 N–H and O–H groups in total. The summed E-state index contributed by atoms with van der Waals surface area (Å²) in [5, 5.41) is 30.6. The van der Waals surface area contributed by atoms with E-state index in [1.165, 1.54) is 5.56 Å². The van der Waals surface area contributed by atoms with E-state index in [4.69, 9.17) is 0 Å². The number of hydrogen-bond acceptors (Lipinski definition) is 3. The molecule has 0 aliphatic heterocycles. The monoisotopic (exact) mass is 288 g/mol. The first-order valence-corrected chi connectivity index (χ1v) is 8.19. The standard InChI is InChI=1S/C18H24O3/c1-18-7-6-12-11-3-2-10(19)8-14(11)16(20)9-13(12)15(18)4-5-17(18)21/h2-3,8,12-13,15-17,19-21H,4-7,9H2,1H3/t12-,13-,15+,16+,17+,18+/m1/s1. The van der Waals surface area contributed by atoms with E-state index < -0.39 is 6.10 Å². The van der Waals surface area contributed by atoms with Gasteiger partial charge in [-0.2, -0.15) is 0 Å². The molecule has 114 valence electrons. The maximum atomic E-state index is 10.5. The first-order chi connectivity index (χ1) is 10.0. The second-order valence-corrected chi connectivity index (χ2v) is 7.58. The van der Waals surface area contributed by atoms with Crippen LogP contribution in [-0.4, -0.2) is 21.4 Å². The quantitative estimate of drug-likeness (QED) is 0.687. The Morgan fingerprint density at radius 1 is 1.10 bits per heavy atom. The van der Waals surface area contributed by atoms with Crippen molar-refractivity contribution in [3.63, 3.8) is 0 Å². The Morgan fingerprint density at radius 2 is 1.90 bits per heavy atom. The van der Waals surface area contributed by atoms with Crippen molar-refractivity contribution in [2.75, 3.05) is 0 Å². The first-order valence-electron chi connectivity index (χ1n) is 8.19. The zero-order valence-electron chi connectivity index (χ0n) is 12.5. The summed E-state index contributed by atoms with van der Waals surface area (Å²) in [7, 11) is 0. The molecule has 3 heteroatoms. The van der Waals surface area contributed by atoms with Gasteiger partial charge in [-0.3, -0.25) is 0 Å². The lowest BCUT2D eigenvalue weighted by Crippen LogP contribution is -2.44. The van der Waals surface area contributed by atoms with Crippen LogP contribution in [0.4, 0.5) is 0 Å². The predicted molar refractivity (Wildman–Crippen MR) is 80.0 cm³/mol. The molecule has 21 heavy (non-hydrogen) atoms. The minimum Gasteiger partial charge on any atom is -0.508 e. The van der Waals surface area contributed by atoms with Gasteiger partial charge >= 0.3 is 0 Å². The fourth-order valence-corrected chi connectivity index (χ4v) is 5.55. The van der Waals surface area contributed by atoms with Crippen molar-refractivity contribution in [3.8, 4) is 5.75 Å². The van der Waals surface area contributed by atoms with E-state index in [0.717, 1.165) is 37.7 Å². The van der Waals surface area contributed by atoms with Crippen LogP contribution in [0.3, 0.4) is 0 Å². The highest BCUT2D eigenvalue weighted by Crippen LogP contribution is 2.62. The highest BCUT2D eigenvalue weighted by molar-refractivity contribution is 5.41. The summed E-state index contributed by atoms with van der Waals surface area (Å²) in [5.41, 5.74) is 2.17. The number of aliphatic hydroxyl groups is 2. The van der Waals surface area contributed by atoms with Gasteiger partial charge in [-0.05, 0) is 78.5 Å². The van der Waals surface area contributed by atoms with Crippen molar-refractivity contribution in [2.45, 2.75) is 57.2 Å². The SMILES string of the molecule is C[C@]12CC[C@@H]3c4ccc(O)cc4[C@@H](O)C[C@H]3[C@@H]1CC[C@@H]2O. The highest BCUT2D eigenvalue weighted by Gasteiger charge is 2.55. The topological polar surface area (TPSA) is 60.7 Å². The van der Waals surface area contributed by atoms with Crippen LogP contribution in [0.15, 0.2) is 18.2 Å². The smallest absolute Gasteiger partial charge is 0.115 e. The van der Waals surface area contributed by atoms with Gasteiger partial charge in [-0.15, -0.1) is 0 Å². The second-order valence-electron chi connectivity index (χ2n) is 7.58. The molecule has 0 unspecified atom stereocenters. The molecule has 3 nitrogen and oxygen atoms in total. The lowest BCUT2D eigenvalue weighted by atomic mass is 9.55. The zero-order chi connectivity index (χ0) is 14.8. The Kier molecular flexibility index (Phi) is 2.89. The summed E-state index contributed by atoms with van der Waals surface area (Å²) in [6, 6.07) is 5.47. The van der Waals surface area contributed by atoms with E-state index in [1.807, 2.05) is 6.07 Å². The van der Waals surface area contributed by atoms with Crippen molar-refractivity contribution >= 4 is 0 Å². The first kappa shape index (κ1) is 13.6. The molecule has 0 amide bonds. The Bertz CT molecular complexity index is 570. The van der Waals surface area contributed by atoms with Gasteiger partial charge in [-0.1, -0.05) is 13.0 Å². The van der Waals surface area contributed by atoms with Crippen LogP contribution < -0.4 is 0 Å². The van der Waals surface area contributed by atoms with Crippen molar-refractivity contribution in [1.29, 1.82) is 0 Å². The molecule has 0 aromatic heterocycles. The van der Waals surface area contributed by atoms with Gasteiger partial charge in [0, 0.05) is 0 Å². The maximum absolute atomic E-state index is 10.5. The third-order valence-electron chi connectivity index (χ3n) is 6.71. The number of hydrogen-bond donors (Lipinski definition) is 3. The average Bonchev–Trinajstić information content (AvgIpc) is 2.76. The van der Waals surface area contributed by atoms with Gasteiger partial charge in [0.05, 0.1) is 12.2 Å². The Hall–Kier alpha value is -1.06. The molecule has 3 aliphatic carbocycles. The van der Waals surface area contributed by atoms with Crippen LogP contribution in [0.1, 0.15) is 62.2 Å². The minimum atomic E-state index is -0.478. The summed E-state index contributed by atoms with van der Waals surface area (Å²) in [5.74, 6) is 1.70. The normalized spacial score (nSPS) is 44.8. The maximum Gasteiger partial charge on any atom is 0.115 e. The molecule has 0 heterocycles. The zero-order valence-corrected chi connectivity index (χ0v) is 12.5. The van der Waals surface area contributed by atoms with Crippen LogP contribution in [0.2, 0.25) is 0 Å². The third-order valence-corrected chi connectivity index (χ3v) is 6.71. The molecule has 2 fully saturated rings. The summed E-state index contributed by atoms with van der Waals surface area (Å²) in [4.78, 5) is 0. The van der Waals surface area contributed by atoms with Gasteiger partial charge < -0.3 is 15.3 Å². The fraction of sp³-hybridized carbons (Fsp3) is 0.667. The molecule has 0 bridgehead atoms. The largest absolute Gasteiger partial charge is 0.508 e. The summed E-state index contributed by atoms with van der Waals surface area (Å²) in [6.45, 7) is 2.24. The highest BCUT2D eigenvalue weighted by atomic mass is 16.3. The third kappa shape index (κ3) is 1.80. The van der Waals surface area contributed by atoms with E-state index >= 15 is 0 Å². The summed E-state index contributed by atoms with van der Waals surface area (Å²) in [6.07, 6.45) is 4.25. The molecule has 2 saturated carbocycles. The number of phenols is 1. The second kappa shape index (κ2) is 4.47. The minimum absolute atomic E-state index is 0.0370. The van der Waals surface area contributed by atoms with E-state index in [1.54, 1.807) is 12.1 Å². The number of fused-ring (bicyclic) bond motifs is 5. The Balaban J connectivity index is 1.75. The van der Waals surface area contributed by atoms with Crippen molar-refractivity contribution in [1.82, 2.24) is 0 Å². The van der Waals surface area contributed by atoms with Gasteiger partial charge in [0.25, 0.3) is 0 Å². The molecular weight excluding hydrogens is 264 g/mol. The Labute approximate surface area is 125 Å². The molecule has 0 spiro atoms. The van der Waals surface area contributed by atoms with Crippen LogP contribution in [0.5, 0.6) is 5.75 Å². The molecule has 4 rings (SSSR count). The number of rotatable bonds is 0. The summed E-state index contributed by atoms with van der Waals surface area (Å²) >= 11 is 0. The molecule has 6 atom stereocenters. The van der Waals surface area contributed by atoms with E-state index in [-0.39, 0.29) is 17.3 Å². The predicted octanol–water partition coefficient (Wildman–Crippen LogP) is 3.10. The lowest BCUT2D eigenvalue weighted by molar-refractivity contribution is -0.0372.